The van der Waals surface area contributed by atoms with E-state index in [-0.39, 0.29) is 11.9 Å². The van der Waals surface area contributed by atoms with Crippen LogP contribution in [0.25, 0.3) is 5.78 Å². The highest BCUT2D eigenvalue weighted by atomic mass is 16.5. The molecular weight excluding hydrogens is 392 g/mol. The Kier molecular flexibility index (Phi) is 6.46. The summed E-state index contributed by atoms with van der Waals surface area (Å²) in [5.41, 5.74) is 4.15. The molecule has 1 saturated heterocycles. The second-order valence-electron chi connectivity index (χ2n) is 8.07. The van der Waals surface area contributed by atoms with E-state index >= 15 is 0 Å². The number of aromatic nitrogens is 4. The fraction of sp³-hybridized carbons (Fsp3) is 0.478. The Hall–Kier alpha value is -3.00. The lowest BCUT2D eigenvalue weighted by molar-refractivity contribution is -0.121. The molecule has 31 heavy (non-hydrogen) atoms. The zero-order valence-electron chi connectivity index (χ0n) is 18.5. The number of rotatable bonds is 8. The van der Waals surface area contributed by atoms with Crippen LogP contribution in [0.2, 0.25) is 0 Å². The summed E-state index contributed by atoms with van der Waals surface area (Å²) < 4.78 is 7.02. The van der Waals surface area contributed by atoms with Crippen LogP contribution < -0.4 is 10.1 Å². The minimum atomic E-state index is 0.0511. The normalized spacial score (nSPS) is 15.3. The minimum absolute atomic E-state index is 0.0511. The van der Waals surface area contributed by atoms with Crippen molar-refractivity contribution >= 4 is 11.7 Å². The van der Waals surface area contributed by atoms with Crippen molar-refractivity contribution in [2.45, 2.75) is 45.6 Å². The molecule has 1 atom stereocenters. The summed E-state index contributed by atoms with van der Waals surface area (Å²) in [6, 6.07) is 8.34. The molecule has 2 aromatic heterocycles. The van der Waals surface area contributed by atoms with E-state index in [1.165, 1.54) is 24.7 Å². The molecule has 0 radical (unpaired) electrons. The largest absolute Gasteiger partial charge is 0.497 e. The molecule has 3 heterocycles. The third-order valence-electron chi connectivity index (χ3n) is 6.17. The average Bonchev–Trinajstić information content (AvgIpc) is 3.46. The van der Waals surface area contributed by atoms with Crippen molar-refractivity contribution < 1.29 is 9.53 Å². The van der Waals surface area contributed by atoms with Crippen molar-refractivity contribution in [2.24, 2.45) is 0 Å². The molecule has 0 spiro atoms. The van der Waals surface area contributed by atoms with Gasteiger partial charge in [-0.3, -0.25) is 9.69 Å². The van der Waals surface area contributed by atoms with Crippen LogP contribution in [0.4, 0.5) is 0 Å². The van der Waals surface area contributed by atoms with Crippen LogP contribution in [0, 0.1) is 13.8 Å². The van der Waals surface area contributed by atoms with Gasteiger partial charge in [-0.05, 0) is 69.5 Å². The highest BCUT2D eigenvalue weighted by Gasteiger charge is 2.24. The van der Waals surface area contributed by atoms with Gasteiger partial charge < -0.3 is 10.1 Å². The Morgan fingerprint density at radius 3 is 2.65 bits per heavy atom. The molecule has 1 aliphatic rings. The standard InChI is InChI=1S/C23H30N6O2/c1-16-20(17(2)29-23(27-16)25-15-26-29)10-11-22(30)24-14-21(28-12-4-5-13-28)18-6-8-19(31-3)9-7-18/h6-9,15,21H,4-5,10-14H2,1-3H3,(H,24,30). The number of aryl methyl sites for hydroxylation is 2. The maximum atomic E-state index is 12.7. The first kappa shape index (κ1) is 21.2. The summed E-state index contributed by atoms with van der Waals surface area (Å²) in [4.78, 5) is 23.8. The topological polar surface area (TPSA) is 84.6 Å². The van der Waals surface area contributed by atoms with Gasteiger partial charge in [0.25, 0.3) is 5.78 Å². The molecule has 8 nitrogen and oxygen atoms in total. The number of hydrogen-bond acceptors (Lipinski definition) is 6. The van der Waals surface area contributed by atoms with Gasteiger partial charge in [-0.1, -0.05) is 12.1 Å². The molecule has 0 aliphatic carbocycles. The lowest BCUT2D eigenvalue weighted by Crippen LogP contribution is -2.36. The quantitative estimate of drug-likeness (QED) is 0.601. The van der Waals surface area contributed by atoms with E-state index in [4.69, 9.17) is 4.74 Å². The lowest BCUT2D eigenvalue weighted by atomic mass is 10.0. The first-order valence-electron chi connectivity index (χ1n) is 10.9. The SMILES string of the molecule is COc1ccc(C(CNC(=O)CCc2c(C)nc3ncnn3c2C)N2CCCC2)cc1. The molecule has 3 aromatic rings. The van der Waals surface area contributed by atoms with Crippen LogP contribution in [0.5, 0.6) is 5.75 Å². The van der Waals surface area contributed by atoms with E-state index in [9.17, 15) is 4.79 Å². The van der Waals surface area contributed by atoms with Crippen molar-refractivity contribution in [3.05, 3.63) is 53.1 Å². The Morgan fingerprint density at radius 1 is 1.19 bits per heavy atom. The van der Waals surface area contributed by atoms with Crippen molar-refractivity contribution in [3.63, 3.8) is 0 Å². The Balaban J connectivity index is 1.40. The van der Waals surface area contributed by atoms with Gasteiger partial charge in [0.2, 0.25) is 5.91 Å². The van der Waals surface area contributed by atoms with Gasteiger partial charge >= 0.3 is 0 Å². The van der Waals surface area contributed by atoms with E-state index in [0.717, 1.165) is 35.8 Å². The fourth-order valence-corrected chi connectivity index (χ4v) is 4.39. The van der Waals surface area contributed by atoms with E-state index in [1.54, 1.807) is 11.6 Å². The maximum Gasteiger partial charge on any atom is 0.252 e. The Morgan fingerprint density at radius 2 is 1.94 bits per heavy atom. The van der Waals surface area contributed by atoms with E-state index < -0.39 is 0 Å². The number of carbonyl (C=O) groups excluding carboxylic acids is 1. The van der Waals surface area contributed by atoms with Crippen LogP contribution in [0.1, 0.15) is 47.8 Å². The predicted octanol–water partition coefficient (Wildman–Crippen LogP) is 2.64. The Labute approximate surface area is 182 Å². The number of fused-ring (bicyclic) bond motifs is 1. The first-order valence-corrected chi connectivity index (χ1v) is 10.9. The number of hydrogen-bond donors (Lipinski definition) is 1. The van der Waals surface area contributed by atoms with E-state index in [0.29, 0.717) is 25.2 Å². The molecule has 8 heteroatoms. The fourth-order valence-electron chi connectivity index (χ4n) is 4.39. The summed E-state index contributed by atoms with van der Waals surface area (Å²) in [7, 11) is 1.67. The predicted molar refractivity (Wildman–Crippen MR) is 118 cm³/mol. The Bertz CT molecular complexity index is 1040. The number of ether oxygens (including phenoxy) is 1. The van der Waals surface area contributed by atoms with Crippen LogP contribution in [0.15, 0.2) is 30.6 Å². The van der Waals surface area contributed by atoms with Crippen LogP contribution >= 0.6 is 0 Å². The molecule has 1 unspecified atom stereocenters. The van der Waals surface area contributed by atoms with Crippen LogP contribution in [-0.4, -0.2) is 57.1 Å². The van der Waals surface area contributed by atoms with Gasteiger partial charge in [0.1, 0.15) is 12.1 Å². The molecule has 1 fully saturated rings. The van der Waals surface area contributed by atoms with E-state index in [1.807, 2.05) is 26.0 Å². The van der Waals surface area contributed by atoms with Gasteiger partial charge in [0.05, 0.1) is 13.2 Å². The van der Waals surface area contributed by atoms with Crippen molar-refractivity contribution in [2.75, 3.05) is 26.7 Å². The number of nitrogens with one attached hydrogen (secondary N) is 1. The molecule has 4 rings (SSSR count). The van der Waals surface area contributed by atoms with Crippen molar-refractivity contribution in [3.8, 4) is 5.75 Å². The van der Waals surface area contributed by atoms with Crippen molar-refractivity contribution in [1.82, 2.24) is 29.8 Å². The summed E-state index contributed by atoms with van der Waals surface area (Å²) in [6.45, 7) is 6.69. The number of benzene rings is 1. The van der Waals surface area contributed by atoms with Gasteiger partial charge in [0, 0.05) is 24.4 Å². The van der Waals surface area contributed by atoms with E-state index in [2.05, 4.69) is 37.4 Å². The molecular formula is C23H30N6O2. The maximum absolute atomic E-state index is 12.7. The summed E-state index contributed by atoms with van der Waals surface area (Å²) in [6.07, 6.45) is 4.96. The third kappa shape index (κ3) is 4.69. The molecule has 1 aliphatic heterocycles. The van der Waals surface area contributed by atoms with Gasteiger partial charge in [-0.15, -0.1) is 0 Å². The molecule has 1 aromatic carbocycles. The highest BCUT2D eigenvalue weighted by molar-refractivity contribution is 5.76. The second-order valence-corrected chi connectivity index (χ2v) is 8.07. The van der Waals surface area contributed by atoms with Gasteiger partial charge in [0.15, 0.2) is 0 Å². The zero-order valence-corrected chi connectivity index (χ0v) is 18.5. The monoisotopic (exact) mass is 422 g/mol. The van der Waals surface area contributed by atoms with Gasteiger partial charge in [-0.2, -0.15) is 10.1 Å². The molecule has 1 N–H and O–H groups in total. The number of amides is 1. The number of carbonyl (C=O) groups is 1. The minimum Gasteiger partial charge on any atom is -0.497 e. The summed E-state index contributed by atoms with van der Waals surface area (Å²) in [5.74, 6) is 1.49. The third-order valence-corrected chi connectivity index (χ3v) is 6.17. The summed E-state index contributed by atoms with van der Waals surface area (Å²) >= 11 is 0. The highest BCUT2D eigenvalue weighted by Crippen LogP contribution is 2.26. The number of nitrogens with zero attached hydrogens (tertiary/aromatic N) is 5. The van der Waals surface area contributed by atoms with Gasteiger partial charge in [-0.25, -0.2) is 9.50 Å². The average molecular weight is 423 g/mol. The number of methoxy groups -OCH3 is 1. The van der Waals surface area contributed by atoms with Crippen LogP contribution in [-0.2, 0) is 11.2 Å². The van der Waals surface area contributed by atoms with Crippen LogP contribution in [0.3, 0.4) is 0 Å². The molecule has 164 valence electrons. The van der Waals surface area contributed by atoms with Crippen molar-refractivity contribution in [1.29, 1.82) is 0 Å². The lowest BCUT2D eigenvalue weighted by Gasteiger charge is -2.28. The number of likely N-dealkylation sites (tertiary alicyclic amines) is 1. The molecule has 0 saturated carbocycles. The summed E-state index contributed by atoms with van der Waals surface area (Å²) in [5, 5.41) is 7.39. The second kappa shape index (κ2) is 9.43. The zero-order chi connectivity index (χ0) is 21.8. The molecule has 0 bridgehead atoms. The molecule has 1 amide bonds. The smallest absolute Gasteiger partial charge is 0.252 e. The first-order chi connectivity index (χ1) is 15.1.